The largest absolute Gasteiger partial charge is 0.463 e. The van der Waals surface area contributed by atoms with Crippen molar-refractivity contribution in [3.63, 3.8) is 0 Å². The van der Waals surface area contributed by atoms with Crippen molar-refractivity contribution < 1.29 is 25.9 Å². The number of nitrogens with zero attached hydrogens (tertiary/aromatic N) is 2. The van der Waals surface area contributed by atoms with E-state index in [1.54, 1.807) is 0 Å². The SMILES string of the molecule is [2H]CC(=O)OC[C@H]1OC(n2c(Cl)c(C#N)c3cc(Cl)c(Cl)cc32)[C@H](O)[C@@H]1O. The highest BCUT2D eigenvalue weighted by Crippen LogP contribution is 2.41. The number of aliphatic hydroxyl groups is 2. The standard InChI is InChI=1S/C16H13Cl3N2O5/c1-6(22)25-5-12-13(23)14(24)16(26-12)21-11-3-10(18)9(17)2-7(11)8(4-20)15(21)19/h2-3,12-14,16,23-24H,5H2,1H3/t12-,13-,14-,16?/m1/s1/i1D. The molecule has 10 heteroatoms. The molecule has 1 saturated heterocycles. The molecule has 0 spiro atoms. The summed E-state index contributed by atoms with van der Waals surface area (Å²) in [6.07, 6.45) is -4.99. The van der Waals surface area contributed by atoms with Crippen molar-refractivity contribution in [1.82, 2.24) is 4.57 Å². The molecule has 2 N–H and O–H groups in total. The Morgan fingerprint density at radius 1 is 1.38 bits per heavy atom. The fourth-order valence-corrected chi connectivity index (χ4v) is 3.54. The number of carbonyl (C=O) groups excluding carboxylic acids is 1. The average molecular weight is 421 g/mol. The molecule has 138 valence electrons. The second-order valence-corrected chi connectivity index (χ2v) is 6.83. The van der Waals surface area contributed by atoms with Crippen LogP contribution < -0.4 is 0 Å². The van der Waals surface area contributed by atoms with Gasteiger partial charge < -0.3 is 24.3 Å². The van der Waals surface area contributed by atoms with Crippen LogP contribution in [0.3, 0.4) is 0 Å². The van der Waals surface area contributed by atoms with E-state index < -0.39 is 37.4 Å². The maximum absolute atomic E-state index is 11.1. The van der Waals surface area contributed by atoms with Crippen molar-refractivity contribution in [1.29, 1.82) is 5.26 Å². The predicted molar refractivity (Wildman–Crippen MR) is 94.2 cm³/mol. The molecule has 3 rings (SSSR count). The number of carbonyl (C=O) groups is 1. The molecule has 0 amide bonds. The molecule has 1 unspecified atom stereocenters. The van der Waals surface area contributed by atoms with Crippen LogP contribution in [0, 0.1) is 11.3 Å². The van der Waals surface area contributed by atoms with Crippen LogP contribution in [0.4, 0.5) is 0 Å². The fourth-order valence-electron chi connectivity index (χ4n) is 2.88. The summed E-state index contributed by atoms with van der Waals surface area (Å²) in [6, 6.07) is 4.92. The Kier molecular flexibility index (Phi) is 4.97. The monoisotopic (exact) mass is 419 g/mol. The number of aromatic nitrogens is 1. The Hall–Kier alpha value is -1.53. The van der Waals surface area contributed by atoms with Gasteiger partial charge in [0.25, 0.3) is 0 Å². The van der Waals surface area contributed by atoms with E-state index in [2.05, 4.69) is 0 Å². The lowest BCUT2D eigenvalue weighted by Crippen LogP contribution is -2.34. The smallest absolute Gasteiger partial charge is 0.302 e. The Morgan fingerprint density at radius 2 is 2.08 bits per heavy atom. The van der Waals surface area contributed by atoms with Gasteiger partial charge in [-0.1, -0.05) is 34.8 Å². The second kappa shape index (κ2) is 7.24. The summed E-state index contributed by atoms with van der Waals surface area (Å²) in [5.41, 5.74) is 0.491. The third-order valence-electron chi connectivity index (χ3n) is 4.10. The van der Waals surface area contributed by atoms with Crippen molar-refractivity contribution in [2.45, 2.75) is 31.4 Å². The molecule has 4 atom stereocenters. The Morgan fingerprint density at radius 3 is 2.73 bits per heavy atom. The highest BCUT2D eigenvalue weighted by Gasteiger charge is 2.45. The normalized spacial score (nSPS) is 25.9. The molecule has 7 nitrogen and oxygen atoms in total. The van der Waals surface area contributed by atoms with E-state index in [1.165, 1.54) is 16.7 Å². The van der Waals surface area contributed by atoms with Crippen LogP contribution >= 0.6 is 34.8 Å². The summed E-state index contributed by atoms with van der Waals surface area (Å²) in [6.45, 7) is -0.922. The van der Waals surface area contributed by atoms with Crippen LogP contribution in [0.5, 0.6) is 0 Å². The van der Waals surface area contributed by atoms with Gasteiger partial charge in [-0.2, -0.15) is 5.26 Å². The maximum Gasteiger partial charge on any atom is 0.302 e. The van der Waals surface area contributed by atoms with Gasteiger partial charge >= 0.3 is 5.97 Å². The first-order valence-corrected chi connectivity index (χ1v) is 8.48. The third-order valence-corrected chi connectivity index (χ3v) is 5.19. The summed E-state index contributed by atoms with van der Waals surface area (Å²) in [4.78, 5) is 11.1. The number of hydrogen-bond donors (Lipinski definition) is 2. The van der Waals surface area contributed by atoms with Gasteiger partial charge in [-0.05, 0) is 12.1 Å². The summed E-state index contributed by atoms with van der Waals surface area (Å²) in [7, 11) is 0. The highest BCUT2D eigenvalue weighted by atomic mass is 35.5. The topological polar surface area (TPSA) is 105 Å². The number of fused-ring (bicyclic) bond motifs is 1. The van der Waals surface area contributed by atoms with E-state index in [0.717, 1.165) is 0 Å². The van der Waals surface area contributed by atoms with Gasteiger partial charge in [0, 0.05) is 13.7 Å². The number of hydrogen-bond acceptors (Lipinski definition) is 6. The van der Waals surface area contributed by atoms with Gasteiger partial charge in [-0.15, -0.1) is 0 Å². The van der Waals surface area contributed by atoms with Crippen molar-refractivity contribution in [3.05, 3.63) is 32.9 Å². The van der Waals surface area contributed by atoms with E-state index in [-0.39, 0.29) is 27.4 Å². The molecule has 0 bridgehead atoms. The maximum atomic E-state index is 11.1. The molecule has 1 aliphatic heterocycles. The zero-order valence-corrected chi connectivity index (χ0v) is 15.3. The van der Waals surface area contributed by atoms with E-state index >= 15 is 0 Å². The minimum absolute atomic E-state index is 0.0223. The van der Waals surface area contributed by atoms with Crippen LogP contribution in [0.2, 0.25) is 15.2 Å². The lowest BCUT2D eigenvalue weighted by Gasteiger charge is -2.19. The average Bonchev–Trinajstić information content (AvgIpc) is 3.06. The lowest BCUT2D eigenvalue weighted by atomic mass is 10.1. The molecule has 2 heterocycles. The van der Waals surface area contributed by atoms with Crippen LogP contribution in [0.25, 0.3) is 10.9 Å². The number of aliphatic hydroxyl groups excluding tert-OH is 2. The first-order chi connectivity index (χ1) is 12.8. The van der Waals surface area contributed by atoms with Gasteiger partial charge in [0.15, 0.2) is 6.23 Å². The summed E-state index contributed by atoms with van der Waals surface area (Å²) < 4.78 is 18.7. The molecular formula is C16H13Cl3N2O5. The van der Waals surface area contributed by atoms with Crippen molar-refractivity contribution in [2.24, 2.45) is 0 Å². The molecule has 0 radical (unpaired) electrons. The molecule has 1 fully saturated rings. The van der Waals surface area contributed by atoms with Crippen LogP contribution in [-0.4, -0.2) is 45.7 Å². The number of esters is 1. The van der Waals surface area contributed by atoms with Crippen molar-refractivity contribution in [2.75, 3.05) is 6.61 Å². The van der Waals surface area contributed by atoms with Crippen molar-refractivity contribution in [3.8, 4) is 6.07 Å². The second-order valence-electron chi connectivity index (χ2n) is 5.66. The Balaban J connectivity index is 2.02. The molecule has 0 aliphatic carbocycles. The van der Waals surface area contributed by atoms with E-state index in [4.69, 9.17) is 45.6 Å². The predicted octanol–water partition coefficient (Wildman–Crippen LogP) is 2.66. The number of benzene rings is 1. The zero-order chi connectivity index (χ0) is 19.9. The zero-order valence-electron chi connectivity index (χ0n) is 14.0. The number of rotatable bonds is 3. The summed E-state index contributed by atoms with van der Waals surface area (Å²) in [5, 5.41) is 30.9. The van der Waals surface area contributed by atoms with E-state index in [0.29, 0.717) is 10.9 Å². The Labute approximate surface area is 164 Å². The van der Waals surface area contributed by atoms with Gasteiger partial charge in [-0.3, -0.25) is 4.79 Å². The van der Waals surface area contributed by atoms with Crippen LogP contribution in [0.15, 0.2) is 12.1 Å². The van der Waals surface area contributed by atoms with Crippen molar-refractivity contribution >= 4 is 51.7 Å². The minimum atomic E-state index is -1.42. The minimum Gasteiger partial charge on any atom is -0.463 e. The highest BCUT2D eigenvalue weighted by molar-refractivity contribution is 6.43. The molecular weight excluding hydrogens is 407 g/mol. The van der Waals surface area contributed by atoms with E-state index in [9.17, 15) is 20.3 Å². The fraction of sp³-hybridized carbons (Fsp3) is 0.375. The molecule has 2 aromatic rings. The van der Waals surface area contributed by atoms with Gasteiger partial charge in [-0.25, -0.2) is 0 Å². The first-order valence-electron chi connectivity index (χ1n) is 8.05. The van der Waals surface area contributed by atoms with Crippen LogP contribution in [0.1, 0.15) is 20.1 Å². The molecule has 1 aromatic heterocycles. The number of nitriles is 1. The summed E-state index contributed by atoms with van der Waals surface area (Å²) in [5.74, 6) is -0.790. The van der Waals surface area contributed by atoms with Gasteiger partial charge in [0.05, 0.1) is 21.1 Å². The van der Waals surface area contributed by atoms with E-state index in [1.807, 2.05) is 6.07 Å². The lowest BCUT2D eigenvalue weighted by molar-refractivity contribution is -0.147. The molecule has 1 aliphatic rings. The summed E-state index contributed by atoms with van der Waals surface area (Å²) >= 11 is 18.4. The van der Waals surface area contributed by atoms with Crippen LogP contribution in [-0.2, 0) is 14.3 Å². The van der Waals surface area contributed by atoms with Gasteiger partial charge in [0.1, 0.15) is 36.1 Å². The molecule has 1 aromatic carbocycles. The Bertz CT molecular complexity index is 945. The third kappa shape index (κ3) is 3.14. The number of halogens is 3. The number of ether oxygens (including phenoxy) is 2. The molecule has 26 heavy (non-hydrogen) atoms. The molecule has 0 saturated carbocycles. The quantitative estimate of drug-likeness (QED) is 0.740. The first kappa shape index (κ1) is 17.9. The van der Waals surface area contributed by atoms with Gasteiger partial charge in [0.2, 0.25) is 0 Å².